The number of hydrogen-bond acceptors (Lipinski definition) is 7. The molecule has 0 radical (unpaired) electrons. The van der Waals surface area contributed by atoms with Gasteiger partial charge < -0.3 is 25.1 Å². The Morgan fingerprint density at radius 2 is 1.84 bits per heavy atom. The summed E-state index contributed by atoms with van der Waals surface area (Å²) < 4.78 is 16.6. The van der Waals surface area contributed by atoms with Crippen LogP contribution in [0.15, 0.2) is 42.5 Å². The summed E-state index contributed by atoms with van der Waals surface area (Å²) >= 11 is 6.81. The molecule has 4 aromatic rings. The fourth-order valence-corrected chi connectivity index (χ4v) is 5.66. The van der Waals surface area contributed by atoms with E-state index in [1.165, 1.54) is 0 Å². The van der Waals surface area contributed by atoms with E-state index in [1.807, 2.05) is 24.3 Å². The van der Waals surface area contributed by atoms with Crippen molar-refractivity contribution in [1.29, 1.82) is 0 Å². The largest absolute Gasteiger partial charge is 0.508 e. The molecule has 2 aliphatic heterocycles. The maximum Gasteiger partial charge on any atom is 0.228 e. The van der Waals surface area contributed by atoms with Crippen LogP contribution in [0.25, 0.3) is 32.8 Å². The smallest absolute Gasteiger partial charge is 0.228 e. The monoisotopic (exact) mass is 520 g/mol. The van der Waals surface area contributed by atoms with Crippen molar-refractivity contribution in [3.8, 4) is 16.9 Å². The van der Waals surface area contributed by atoms with Crippen molar-refractivity contribution in [2.75, 3.05) is 56.6 Å². The van der Waals surface area contributed by atoms with Crippen LogP contribution in [0, 0.1) is 5.82 Å². The topological polar surface area (TPSA) is 67.8 Å². The number of hydrogen-bond donors (Lipinski definition) is 2. The lowest BCUT2D eigenvalue weighted by Crippen LogP contribution is -2.58. The third-order valence-corrected chi connectivity index (χ3v) is 7.81. The molecular formula is C28H30ClFN6O. The third kappa shape index (κ3) is 4.23. The van der Waals surface area contributed by atoms with Crippen molar-refractivity contribution in [1.82, 2.24) is 20.2 Å². The molecule has 0 bridgehead atoms. The highest BCUT2D eigenvalue weighted by atomic mass is 35.5. The molecule has 2 fully saturated rings. The summed E-state index contributed by atoms with van der Waals surface area (Å²) in [7, 11) is 4.12. The van der Waals surface area contributed by atoms with Crippen LogP contribution in [-0.2, 0) is 0 Å². The van der Waals surface area contributed by atoms with Gasteiger partial charge in [-0.25, -0.2) is 9.37 Å². The van der Waals surface area contributed by atoms with E-state index in [-0.39, 0.29) is 27.9 Å². The van der Waals surface area contributed by atoms with Crippen molar-refractivity contribution < 1.29 is 9.50 Å². The minimum absolute atomic E-state index is 0.0541. The molecule has 7 nitrogen and oxygen atoms in total. The van der Waals surface area contributed by atoms with E-state index >= 15 is 4.39 Å². The number of aromatic nitrogens is 2. The number of nitrogens with zero attached hydrogens (tertiary/aromatic N) is 5. The molecule has 2 N–H and O–H groups in total. The van der Waals surface area contributed by atoms with Gasteiger partial charge in [-0.15, -0.1) is 0 Å². The van der Waals surface area contributed by atoms with E-state index in [1.54, 1.807) is 18.2 Å². The summed E-state index contributed by atoms with van der Waals surface area (Å²) in [5.41, 5.74) is 1.01. The SMILES string of the molecule is C[C@@H]1CN(c2nc(N3CC(N(C)C)C3)nc3c(F)c(-c4cc(O)cc5ccccc45)c(Cl)cc23)CCN1. The number of piperazine rings is 1. The van der Waals surface area contributed by atoms with E-state index < -0.39 is 5.82 Å². The normalized spacial score (nSPS) is 18.7. The highest BCUT2D eigenvalue weighted by Gasteiger charge is 2.32. The Kier molecular flexibility index (Phi) is 6.06. The van der Waals surface area contributed by atoms with Crippen LogP contribution in [-0.4, -0.2) is 78.9 Å². The first kappa shape index (κ1) is 24.2. The average molecular weight is 521 g/mol. The van der Waals surface area contributed by atoms with Crippen LogP contribution in [0.1, 0.15) is 6.92 Å². The number of anilines is 2. The van der Waals surface area contributed by atoms with Crippen LogP contribution < -0.4 is 15.1 Å². The molecule has 3 heterocycles. The molecule has 1 atom stereocenters. The summed E-state index contributed by atoms with van der Waals surface area (Å²) in [5.74, 6) is 0.781. The number of fused-ring (bicyclic) bond motifs is 2. The Hall–Kier alpha value is -3.20. The van der Waals surface area contributed by atoms with Gasteiger partial charge in [-0.05, 0) is 55.6 Å². The number of phenolic OH excluding ortho intramolecular Hbond substituents is 1. The Morgan fingerprint density at radius 1 is 1.05 bits per heavy atom. The van der Waals surface area contributed by atoms with Gasteiger partial charge in [-0.3, -0.25) is 0 Å². The van der Waals surface area contributed by atoms with E-state index in [2.05, 4.69) is 41.0 Å². The van der Waals surface area contributed by atoms with Gasteiger partial charge in [0.2, 0.25) is 5.95 Å². The second-order valence-electron chi connectivity index (χ2n) is 10.3. The van der Waals surface area contributed by atoms with Gasteiger partial charge in [0.25, 0.3) is 0 Å². The summed E-state index contributed by atoms with van der Waals surface area (Å²) in [4.78, 5) is 16.2. The first-order valence-corrected chi connectivity index (χ1v) is 13.0. The van der Waals surface area contributed by atoms with Crippen molar-refractivity contribution in [2.24, 2.45) is 0 Å². The number of phenols is 1. The molecular weight excluding hydrogens is 491 g/mol. The Bertz CT molecular complexity index is 1510. The highest BCUT2D eigenvalue weighted by Crippen LogP contribution is 2.42. The average Bonchev–Trinajstić information content (AvgIpc) is 2.83. The number of nitrogens with one attached hydrogen (secondary N) is 1. The van der Waals surface area contributed by atoms with Crippen LogP contribution in [0.3, 0.4) is 0 Å². The fourth-order valence-electron chi connectivity index (χ4n) is 5.37. The molecule has 0 saturated carbocycles. The fraction of sp³-hybridized carbons (Fsp3) is 0.357. The van der Waals surface area contributed by atoms with Gasteiger partial charge in [0.05, 0.1) is 5.02 Å². The first-order chi connectivity index (χ1) is 17.8. The number of likely N-dealkylation sites (N-methyl/N-ethyl adjacent to an activating group) is 1. The minimum atomic E-state index is -0.504. The molecule has 0 spiro atoms. The summed E-state index contributed by atoms with van der Waals surface area (Å²) in [6.07, 6.45) is 0. The quantitative estimate of drug-likeness (QED) is 0.411. The second kappa shape index (κ2) is 9.28. The summed E-state index contributed by atoms with van der Waals surface area (Å²) in [6, 6.07) is 13.3. The van der Waals surface area contributed by atoms with E-state index in [4.69, 9.17) is 21.6 Å². The molecule has 2 aliphatic rings. The molecule has 0 unspecified atom stereocenters. The lowest BCUT2D eigenvalue weighted by molar-refractivity contribution is 0.245. The van der Waals surface area contributed by atoms with Crippen LogP contribution >= 0.6 is 11.6 Å². The lowest BCUT2D eigenvalue weighted by Gasteiger charge is -2.43. The predicted octanol–water partition coefficient (Wildman–Crippen LogP) is 4.50. The standard InChI is InChI=1S/C28H30ClFN6O/c1-16-13-35(9-8-31-16)27-22-12-23(29)24(21-11-19(37)10-17-6-4-5-7-20(17)21)25(30)26(22)32-28(33-27)36-14-18(15-36)34(2)3/h4-7,10-12,16,18,31,37H,8-9,13-15H2,1-3H3/t16-/m1/s1. The summed E-state index contributed by atoms with van der Waals surface area (Å²) in [6.45, 7) is 6.03. The van der Waals surface area contributed by atoms with Crippen LogP contribution in [0.4, 0.5) is 16.2 Å². The maximum atomic E-state index is 16.6. The zero-order valence-corrected chi connectivity index (χ0v) is 21.9. The number of rotatable bonds is 4. The van der Waals surface area contributed by atoms with E-state index in [0.717, 1.165) is 43.5 Å². The molecule has 0 amide bonds. The number of aromatic hydroxyl groups is 1. The van der Waals surface area contributed by atoms with Gasteiger partial charge in [0.15, 0.2) is 5.82 Å². The Morgan fingerprint density at radius 3 is 2.59 bits per heavy atom. The first-order valence-electron chi connectivity index (χ1n) is 12.6. The molecule has 9 heteroatoms. The van der Waals surface area contributed by atoms with Crippen molar-refractivity contribution in [3.05, 3.63) is 53.3 Å². The number of benzene rings is 3. The minimum Gasteiger partial charge on any atom is -0.508 e. The maximum absolute atomic E-state index is 16.6. The molecule has 2 saturated heterocycles. The zero-order chi connectivity index (χ0) is 25.8. The van der Waals surface area contributed by atoms with Crippen molar-refractivity contribution in [2.45, 2.75) is 19.0 Å². The van der Waals surface area contributed by atoms with Crippen LogP contribution in [0.2, 0.25) is 5.02 Å². The molecule has 3 aromatic carbocycles. The third-order valence-electron chi connectivity index (χ3n) is 7.51. The van der Waals surface area contributed by atoms with E-state index in [9.17, 15) is 5.11 Å². The molecule has 192 valence electrons. The summed E-state index contributed by atoms with van der Waals surface area (Å²) in [5, 5.41) is 16.4. The Labute approximate surface area is 220 Å². The lowest BCUT2D eigenvalue weighted by atomic mass is 9.96. The van der Waals surface area contributed by atoms with Crippen molar-refractivity contribution >= 4 is 45.0 Å². The number of halogens is 2. The van der Waals surface area contributed by atoms with Gasteiger partial charge >= 0.3 is 0 Å². The van der Waals surface area contributed by atoms with Gasteiger partial charge in [-0.2, -0.15) is 4.98 Å². The van der Waals surface area contributed by atoms with Crippen LogP contribution in [0.5, 0.6) is 5.75 Å². The van der Waals surface area contributed by atoms with Gasteiger partial charge in [0, 0.05) is 55.8 Å². The van der Waals surface area contributed by atoms with Gasteiger partial charge in [0.1, 0.15) is 17.1 Å². The second-order valence-corrected chi connectivity index (χ2v) is 10.7. The van der Waals surface area contributed by atoms with Crippen molar-refractivity contribution in [3.63, 3.8) is 0 Å². The highest BCUT2D eigenvalue weighted by molar-refractivity contribution is 6.35. The van der Waals surface area contributed by atoms with Gasteiger partial charge in [-0.1, -0.05) is 35.9 Å². The zero-order valence-electron chi connectivity index (χ0n) is 21.2. The van der Waals surface area contributed by atoms with E-state index in [0.29, 0.717) is 28.8 Å². The predicted molar refractivity (Wildman–Crippen MR) is 148 cm³/mol. The Balaban J connectivity index is 1.57. The molecule has 0 aliphatic carbocycles. The molecule has 37 heavy (non-hydrogen) atoms. The molecule has 1 aromatic heterocycles. The molecule has 6 rings (SSSR count).